The maximum atomic E-state index is 11.9. The maximum absolute atomic E-state index is 11.9. The summed E-state index contributed by atoms with van der Waals surface area (Å²) in [6, 6.07) is 2.31. The van der Waals surface area contributed by atoms with Crippen molar-refractivity contribution in [2.45, 2.75) is 52.5 Å². The summed E-state index contributed by atoms with van der Waals surface area (Å²) in [5.41, 5.74) is 10.0. The average Bonchev–Trinajstić information content (AvgIpc) is 2.55. The number of amides is 1. The van der Waals surface area contributed by atoms with E-state index in [1.54, 1.807) is 0 Å². The molecule has 0 bridgehead atoms. The topological polar surface area (TPSA) is 76.4 Å². The SMILES string of the molecule is Cc1cc(OCCCC(=O)NC2CCNCC2)c(C)c(C)c1N. The van der Waals surface area contributed by atoms with Crippen molar-refractivity contribution in [1.82, 2.24) is 10.6 Å². The summed E-state index contributed by atoms with van der Waals surface area (Å²) in [5, 5.41) is 6.40. The van der Waals surface area contributed by atoms with E-state index in [2.05, 4.69) is 10.6 Å². The van der Waals surface area contributed by atoms with E-state index in [-0.39, 0.29) is 5.91 Å². The second-order valence-electron chi connectivity index (χ2n) is 6.40. The van der Waals surface area contributed by atoms with E-state index < -0.39 is 0 Å². The molecule has 5 nitrogen and oxygen atoms in total. The van der Waals surface area contributed by atoms with Gasteiger partial charge in [-0.15, -0.1) is 0 Å². The number of piperidine rings is 1. The zero-order valence-corrected chi connectivity index (χ0v) is 14.5. The van der Waals surface area contributed by atoms with Crippen LogP contribution in [-0.2, 0) is 4.79 Å². The Morgan fingerprint density at radius 2 is 2.00 bits per heavy atom. The molecule has 0 spiro atoms. The number of aryl methyl sites for hydroxylation is 1. The number of rotatable bonds is 6. The molecule has 1 fully saturated rings. The summed E-state index contributed by atoms with van der Waals surface area (Å²) in [5.74, 6) is 0.995. The Balaban J connectivity index is 1.74. The van der Waals surface area contributed by atoms with Crippen LogP contribution in [0.15, 0.2) is 6.07 Å². The van der Waals surface area contributed by atoms with E-state index in [4.69, 9.17) is 10.5 Å². The van der Waals surface area contributed by atoms with Crippen LogP contribution >= 0.6 is 0 Å². The van der Waals surface area contributed by atoms with E-state index in [1.165, 1.54) is 0 Å². The van der Waals surface area contributed by atoms with Crippen LogP contribution in [0.25, 0.3) is 0 Å². The number of nitrogens with one attached hydrogen (secondary N) is 2. The van der Waals surface area contributed by atoms with Crippen molar-refractivity contribution in [2.24, 2.45) is 0 Å². The van der Waals surface area contributed by atoms with Crippen molar-refractivity contribution in [3.8, 4) is 5.75 Å². The highest BCUT2D eigenvalue weighted by Crippen LogP contribution is 2.29. The minimum Gasteiger partial charge on any atom is -0.493 e. The number of benzene rings is 1. The normalized spacial score (nSPS) is 15.4. The van der Waals surface area contributed by atoms with Crippen LogP contribution in [0.1, 0.15) is 42.4 Å². The molecule has 0 radical (unpaired) electrons. The standard InChI is InChI=1S/C18H29N3O2/c1-12-11-16(13(2)14(3)18(12)19)23-10-4-5-17(22)21-15-6-8-20-9-7-15/h11,15,20H,4-10,19H2,1-3H3,(H,21,22). The summed E-state index contributed by atoms with van der Waals surface area (Å²) in [6.07, 6.45) is 3.27. The molecule has 1 saturated heterocycles. The molecule has 0 atom stereocenters. The van der Waals surface area contributed by atoms with Gasteiger partial charge in [-0.1, -0.05) is 0 Å². The van der Waals surface area contributed by atoms with Crippen LogP contribution in [0, 0.1) is 20.8 Å². The lowest BCUT2D eigenvalue weighted by Gasteiger charge is -2.23. The third kappa shape index (κ3) is 4.86. The molecule has 4 N–H and O–H groups in total. The molecule has 2 rings (SSSR count). The Hall–Kier alpha value is -1.75. The van der Waals surface area contributed by atoms with Gasteiger partial charge in [0.2, 0.25) is 5.91 Å². The zero-order chi connectivity index (χ0) is 16.8. The Labute approximate surface area is 139 Å². The van der Waals surface area contributed by atoms with Gasteiger partial charge in [0.1, 0.15) is 5.75 Å². The highest BCUT2D eigenvalue weighted by atomic mass is 16.5. The molecule has 0 unspecified atom stereocenters. The summed E-state index contributed by atoms with van der Waals surface area (Å²) in [6.45, 7) is 8.54. The Morgan fingerprint density at radius 1 is 1.30 bits per heavy atom. The van der Waals surface area contributed by atoms with E-state index >= 15 is 0 Å². The second-order valence-corrected chi connectivity index (χ2v) is 6.40. The molecule has 1 aromatic carbocycles. The van der Waals surface area contributed by atoms with E-state index in [0.29, 0.717) is 19.1 Å². The first kappa shape index (κ1) is 17.6. The molecule has 1 aliphatic rings. The van der Waals surface area contributed by atoms with Crippen LogP contribution in [-0.4, -0.2) is 31.6 Å². The lowest BCUT2D eigenvalue weighted by atomic mass is 10.0. The molecular weight excluding hydrogens is 290 g/mol. The third-order valence-electron chi connectivity index (χ3n) is 4.62. The largest absolute Gasteiger partial charge is 0.493 e. The molecule has 0 saturated carbocycles. The van der Waals surface area contributed by atoms with Gasteiger partial charge < -0.3 is 21.1 Å². The van der Waals surface area contributed by atoms with Crippen molar-refractivity contribution in [3.05, 3.63) is 22.8 Å². The van der Waals surface area contributed by atoms with Gasteiger partial charge in [-0.25, -0.2) is 0 Å². The molecule has 0 aromatic heterocycles. The van der Waals surface area contributed by atoms with Crippen LogP contribution in [0.5, 0.6) is 5.75 Å². The fraction of sp³-hybridized carbons (Fsp3) is 0.611. The van der Waals surface area contributed by atoms with Gasteiger partial charge in [-0.05, 0) is 75.9 Å². The van der Waals surface area contributed by atoms with Crippen LogP contribution in [0.2, 0.25) is 0 Å². The first-order valence-electron chi connectivity index (χ1n) is 8.48. The first-order chi connectivity index (χ1) is 11.0. The number of nitrogens with two attached hydrogens (primary N) is 1. The van der Waals surface area contributed by atoms with Crippen LogP contribution in [0.4, 0.5) is 5.69 Å². The zero-order valence-electron chi connectivity index (χ0n) is 14.5. The van der Waals surface area contributed by atoms with Gasteiger partial charge in [0, 0.05) is 18.2 Å². The molecule has 1 heterocycles. The smallest absolute Gasteiger partial charge is 0.220 e. The minimum atomic E-state index is 0.127. The summed E-state index contributed by atoms with van der Waals surface area (Å²) < 4.78 is 5.85. The quantitative estimate of drug-likeness (QED) is 0.555. The monoisotopic (exact) mass is 319 g/mol. The van der Waals surface area contributed by atoms with Crippen molar-refractivity contribution in [2.75, 3.05) is 25.4 Å². The summed E-state index contributed by atoms with van der Waals surface area (Å²) in [4.78, 5) is 11.9. The highest BCUT2D eigenvalue weighted by molar-refractivity contribution is 5.76. The number of hydrogen-bond donors (Lipinski definition) is 3. The molecular formula is C18H29N3O2. The number of carbonyl (C=O) groups excluding carboxylic acids is 1. The Bertz CT molecular complexity index is 552. The Morgan fingerprint density at radius 3 is 2.70 bits per heavy atom. The fourth-order valence-electron chi connectivity index (χ4n) is 2.90. The molecule has 1 aliphatic heterocycles. The predicted molar refractivity (Wildman–Crippen MR) is 93.8 cm³/mol. The van der Waals surface area contributed by atoms with Gasteiger partial charge >= 0.3 is 0 Å². The molecule has 1 amide bonds. The lowest BCUT2D eigenvalue weighted by Crippen LogP contribution is -2.42. The second kappa shape index (κ2) is 8.20. The molecule has 5 heteroatoms. The van der Waals surface area contributed by atoms with Crippen molar-refractivity contribution < 1.29 is 9.53 Å². The fourth-order valence-corrected chi connectivity index (χ4v) is 2.90. The minimum absolute atomic E-state index is 0.127. The number of carbonyl (C=O) groups is 1. The van der Waals surface area contributed by atoms with E-state index in [0.717, 1.165) is 60.5 Å². The van der Waals surface area contributed by atoms with Crippen molar-refractivity contribution >= 4 is 11.6 Å². The molecule has 1 aromatic rings. The predicted octanol–water partition coefficient (Wildman–Crippen LogP) is 2.22. The first-order valence-corrected chi connectivity index (χ1v) is 8.48. The maximum Gasteiger partial charge on any atom is 0.220 e. The van der Waals surface area contributed by atoms with Gasteiger partial charge in [-0.2, -0.15) is 0 Å². The number of nitrogen functional groups attached to an aromatic ring is 1. The van der Waals surface area contributed by atoms with Gasteiger partial charge in [0.05, 0.1) is 6.61 Å². The van der Waals surface area contributed by atoms with E-state index in [1.807, 2.05) is 26.8 Å². The van der Waals surface area contributed by atoms with Crippen molar-refractivity contribution in [1.29, 1.82) is 0 Å². The van der Waals surface area contributed by atoms with Crippen molar-refractivity contribution in [3.63, 3.8) is 0 Å². The summed E-state index contributed by atoms with van der Waals surface area (Å²) in [7, 11) is 0. The van der Waals surface area contributed by atoms with Gasteiger partial charge in [0.25, 0.3) is 0 Å². The Kier molecular flexibility index (Phi) is 6.28. The molecule has 23 heavy (non-hydrogen) atoms. The molecule has 0 aliphatic carbocycles. The average molecular weight is 319 g/mol. The number of hydrogen-bond acceptors (Lipinski definition) is 4. The number of anilines is 1. The summed E-state index contributed by atoms with van der Waals surface area (Å²) >= 11 is 0. The number of ether oxygens (including phenoxy) is 1. The van der Waals surface area contributed by atoms with Gasteiger partial charge in [-0.3, -0.25) is 4.79 Å². The molecule has 128 valence electrons. The highest BCUT2D eigenvalue weighted by Gasteiger charge is 2.15. The van der Waals surface area contributed by atoms with Crippen LogP contribution in [0.3, 0.4) is 0 Å². The van der Waals surface area contributed by atoms with E-state index in [9.17, 15) is 4.79 Å². The van der Waals surface area contributed by atoms with Crippen LogP contribution < -0.4 is 21.1 Å². The lowest BCUT2D eigenvalue weighted by molar-refractivity contribution is -0.122. The van der Waals surface area contributed by atoms with Gasteiger partial charge in [0.15, 0.2) is 0 Å². The third-order valence-corrected chi connectivity index (χ3v) is 4.62.